The van der Waals surface area contributed by atoms with Crippen LogP contribution in [0.5, 0.6) is 0 Å². The second-order valence-electron chi connectivity index (χ2n) is 7.02. The number of piperidine rings is 1. The number of amides is 3. The largest absolute Gasteiger partial charge is 0.324 e. The van der Waals surface area contributed by atoms with E-state index in [1.807, 2.05) is 41.8 Å². The zero-order chi connectivity index (χ0) is 20.2. The van der Waals surface area contributed by atoms with Crippen LogP contribution in [-0.2, 0) is 4.79 Å². The Balaban J connectivity index is 1.35. The fourth-order valence-electron chi connectivity index (χ4n) is 3.32. The third-order valence-electron chi connectivity index (χ3n) is 4.83. The summed E-state index contributed by atoms with van der Waals surface area (Å²) in [5, 5.41) is 8.38. The van der Waals surface area contributed by atoms with Gasteiger partial charge in [0.15, 0.2) is 5.13 Å². The minimum atomic E-state index is -0.235. The van der Waals surface area contributed by atoms with E-state index >= 15 is 0 Å². The number of nitrogens with zero attached hydrogens (tertiary/aromatic N) is 2. The number of carbonyl (C=O) groups excluding carboxylic acids is 2. The summed E-state index contributed by atoms with van der Waals surface area (Å²) in [5.41, 5.74) is 1.64. The monoisotopic (exact) mass is 426 g/mol. The number of likely N-dealkylation sites (tertiary alicyclic amines) is 1. The molecule has 0 radical (unpaired) electrons. The first-order valence-electron chi connectivity index (χ1n) is 9.52. The molecule has 1 fully saturated rings. The van der Waals surface area contributed by atoms with E-state index in [-0.39, 0.29) is 17.9 Å². The summed E-state index contributed by atoms with van der Waals surface area (Å²) in [4.78, 5) is 33.9. The molecule has 3 amide bonds. The molecule has 8 heteroatoms. The number of nitrogens with one attached hydrogen (secondary N) is 2. The van der Waals surface area contributed by atoms with E-state index in [1.165, 1.54) is 16.2 Å². The van der Waals surface area contributed by atoms with E-state index in [2.05, 4.69) is 28.6 Å². The van der Waals surface area contributed by atoms with Crippen LogP contribution in [0.15, 0.2) is 47.8 Å². The number of urea groups is 1. The van der Waals surface area contributed by atoms with Crippen LogP contribution in [0.3, 0.4) is 0 Å². The number of anilines is 2. The van der Waals surface area contributed by atoms with Gasteiger partial charge in [0.1, 0.15) is 0 Å². The predicted octanol–water partition coefficient (Wildman–Crippen LogP) is 5.06. The Kier molecular flexibility index (Phi) is 5.92. The molecule has 1 unspecified atom stereocenters. The van der Waals surface area contributed by atoms with Crippen molar-refractivity contribution >= 4 is 45.4 Å². The molecule has 4 rings (SSSR count). The molecule has 1 saturated heterocycles. The van der Waals surface area contributed by atoms with Crippen LogP contribution in [0.4, 0.5) is 15.6 Å². The molecule has 0 aliphatic carbocycles. The number of thiazole rings is 1. The highest BCUT2D eigenvalue weighted by Crippen LogP contribution is 2.31. The Bertz CT molecular complexity index is 999. The first-order valence-corrected chi connectivity index (χ1v) is 11.2. The first-order chi connectivity index (χ1) is 14.1. The fraction of sp³-hybridized carbons (Fsp3) is 0.286. The highest BCUT2D eigenvalue weighted by Gasteiger charge is 2.29. The average molecular weight is 427 g/mol. The third kappa shape index (κ3) is 4.83. The van der Waals surface area contributed by atoms with Crippen molar-refractivity contribution in [3.8, 4) is 10.6 Å². The summed E-state index contributed by atoms with van der Waals surface area (Å²) in [7, 11) is 0. The smallest absolute Gasteiger partial charge is 0.321 e. The van der Waals surface area contributed by atoms with Gasteiger partial charge in [0.2, 0.25) is 5.91 Å². The van der Waals surface area contributed by atoms with Gasteiger partial charge in [-0.25, -0.2) is 9.78 Å². The quantitative estimate of drug-likeness (QED) is 0.612. The molecule has 0 bridgehead atoms. The average Bonchev–Trinajstić information content (AvgIpc) is 3.37. The van der Waals surface area contributed by atoms with Gasteiger partial charge in [0, 0.05) is 29.0 Å². The second-order valence-corrected chi connectivity index (χ2v) is 9.16. The van der Waals surface area contributed by atoms with Crippen LogP contribution in [0.1, 0.15) is 17.7 Å². The van der Waals surface area contributed by atoms with Crippen LogP contribution in [0.2, 0.25) is 0 Å². The Hall–Kier alpha value is -2.71. The lowest BCUT2D eigenvalue weighted by atomic mass is 9.97. The Morgan fingerprint density at radius 1 is 1.14 bits per heavy atom. The summed E-state index contributed by atoms with van der Waals surface area (Å²) in [6.07, 6.45) is 1.57. The highest BCUT2D eigenvalue weighted by molar-refractivity contribution is 7.17. The van der Waals surface area contributed by atoms with Gasteiger partial charge in [-0.05, 0) is 44.0 Å². The van der Waals surface area contributed by atoms with E-state index in [0.717, 1.165) is 29.1 Å². The number of benzene rings is 1. The third-order valence-corrected chi connectivity index (χ3v) is 6.61. The number of rotatable bonds is 4. The first kappa shape index (κ1) is 19.6. The van der Waals surface area contributed by atoms with Crippen LogP contribution >= 0.6 is 22.7 Å². The fourth-order valence-corrected chi connectivity index (χ4v) is 4.94. The summed E-state index contributed by atoms with van der Waals surface area (Å²) in [6, 6.07) is 13.3. The molecular weight excluding hydrogens is 404 g/mol. The maximum Gasteiger partial charge on any atom is 0.321 e. The van der Waals surface area contributed by atoms with E-state index in [9.17, 15) is 9.59 Å². The number of aryl methyl sites for hydroxylation is 1. The van der Waals surface area contributed by atoms with Crippen LogP contribution in [-0.4, -0.2) is 34.9 Å². The van der Waals surface area contributed by atoms with Gasteiger partial charge in [-0.15, -0.1) is 22.7 Å². The molecule has 29 heavy (non-hydrogen) atoms. The van der Waals surface area contributed by atoms with Crippen molar-refractivity contribution in [2.24, 2.45) is 5.92 Å². The summed E-state index contributed by atoms with van der Waals surface area (Å²) in [6.45, 7) is 3.13. The Morgan fingerprint density at radius 3 is 2.72 bits per heavy atom. The molecule has 1 aliphatic heterocycles. The number of hydrogen-bond acceptors (Lipinski definition) is 5. The van der Waals surface area contributed by atoms with Gasteiger partial charge in [-0.3, -0.25) is 4.79 Å². The van der Waals surface area contributed by atoms with Gasteiger partial charge in [-0.2, -0.15) is 0 Å². The van der Waals surface area contributed by atoms with Crippen LogP contribution in [0.25, 0.3) is 10.6 Å². The van der Waals surface area contributed by atoms with Crippen molar-refractivity contribution in [2.75, 3.05) is 23.7 Å². The van der Waals surface area contributed by atoms with Gasteiger partial charge >= 0.3 is 6.03 Å². The van der Waals surface area contributed by atoms with Gasteiger partial charge < -0.3 is 15.5 Å². The molecule has 150 valence electrons. The van der Waals surface area contributed by atoms with E-state index in [1.54, 1.807) is 16.2 Å². The molecule has 1 aromatic carbocycles. The number of carbonyl (C=O) groups is 2. The zero-order valence-corrected chi connectivity index (χ0v) is 17.7. The normalized spacial score (nSPS) is 16.4. The number of para-hydroxylation sites is 1. The molecule has 2 aromatic heterocycles. The van der Waals surface area contributed by atoms with Gasteiger partial charge in [0.25, 0.3) is 0 Å². The van der Waals surface area contributed by atoms with Crippen LogP contribution < -0.4 is 10.6 Å². The maximum absolute atomic E-state index is 12.7. The molecule has 0 saturated carbocycles. The molecular formula is C21H22N4O2S2. The standard InChI is InChI=1S/C21H22N4O2S2/c1-14-9-10-18(29-14)17-13-28-20(23-17)24-19(26)15-6-5-11-25(12-15)21(27)22-16-7-3-2-4-8-16/h2-4,7-10,13,15H,5-6,11-12H2,1H3,(H,22,27)(H,23,24,26). The Labute approximate surface area is 177 Å². The zero-order valence-electron chi connectivity index (χ0n) is 16.1. The van der Waals surface area contributed by atoms with Crippen molar-refractivity contribution in [2.45, 2.75) is 19.8 Å². The topological polar surface area (TPSA) is 74.3 Å². The van der Waals surface area contributed by atoms with E-state index in [0.29, 0.717) is 18.2 Å². The highest BCUT2D eigenvalue weighted by atomic mass is 32.1. The van der Waals surface area contributed by atoms with Crippen molar-refractivity contribution in [3.63, 3.8) is 0 Å². The van der Waals surface area contributed by atoms with Gasteiger partial charge in [-0.1, -0.05) is 18.2 Å². The minimum absolute atomic E-state index is 0.0783. The van der Waals surface area contributed by atoms with Crippen molar-refractivity contribution in [1.82, 2.24) is 9.88 Å². The SMILES string of the molecule is Cc1ccc(-c2csc(NC(=O)C3CCCN(C(=O)Nc4ccccc4)C3)n2)s1. The lowest BCUT2D eigenvalue weighted by Crippen LogP contribution is -2.45. The molecule has 2 N–H and O–H groups in total. The molecule has 1 aliphatic rings. The lowest BCUT2D eigenvalue weighted by Gasteiger charge is -2.31. The maximum atomic E-state index is 12.7. The Morgan fingerprint density at radius 2 is 1.97 bits per heavy atom. The minimum Gasteiger partial charge on any atom is -0.324 e. The summed E-state index contributed by atoms with van der Waals surface area (Å²) < 4.78 is 0. The summed E-state index contributed by atoms with van der Waals surface area (Å²) in [5.74, 6) is -0.313. The predicted molar refractivity (Wildman–Crippen MR) is 119 cm³/mol. The van der Waals surface area contributed by atoms with Crippen molar-refractivity contribution in [1.29, 1.82) is 0 Å². The molecule has 6 nitrogen and oxygen atoms in total. The summed E-state index contributed by atoms with van der Waals surface area (Å²) >= 11 is 3.11. The number of aromatic nitrogens is 1. The van der Waals surface area contributed by atoms with E-state index in [4.69, 9.17) is 0 Å². The van der Waals surface area contributed by atoms with Crippen molar-refractivity contribution < 1.29 is 9.59 Å². The van der Waals surface area contributed by atoms with Gasteiger partial charge in [0.05, 0.1) is 16.5 Å². The van der Waals surface area contributed by atoms with E-state index < -0.39 is 0 Å². The molecule has 3 aromatic rings. The molecule has 0 spiro atoms. The second kappa shape index (κ2) is 8.75. The molecule has 3 heterocycles. The lowest BCUT2D eigenvalue weighted by molar-refractivity contribution is -0.121. The molecule has 1 atom stereocenters. The van der Waals surface area contributed by atoms with Crippen LogP contribution in [0, 0.1) is 12.8 Å². The van der Waals surface area contributed by atoms with Crippen molar-refractivity contribution in [3.05, 3.63) is 52.7 Å². The number of hydrogen-bond donors (Lipinski definition) is 2. The number of thiophene rings is 1.